The first kappa shape index (κ1) is 24.0. The molecule has 1 unspecified atom stereocenters. The average Bonchev–Trinajstić information content (AvgIpc) is 3.41. The molecule has 0 saturated carbocycles. The summed E-state index contributed by atoms with van der Waals surface area (Å²) in [6, 6.07) is 17.8. The normalized spacial score (nSPS) is 19.6. The summed E-state index contributed by atoms with van der Waals surface area (Å²) in [4.78, 5) is 16.7. The molecule has 2 aliphatic rings. The molecule has 0 aliphatic carbocycles. The van der Waals surface area contributed by atoms with Gasteiger partial charge in [-0.2, -0.15) is 0 Å². The van der Waals surface area contributed by atoms with Crippen molar-refractivity contribution in [1.82, 2.24) is 9.55 Å². The Balaban J connectivity index is 1.08. The van der Waals surface area contributed by atoms with E-state index in [0.29, 0.717) is 19.2 Å². The summed E-state index contributed by atoms with van der Waals surface area (Å²) in [7, 11) is 0. The quantitative estimate of drug-likeness (QED) is 0.330. The molecule has 3 aromatic rings. The molecule has 1 aromatic heterocycles. The summed E-state index contributed by atoms with van der Waals surface area (Å²) in [5, 5.41) is 14.6. The van der Waals surface area contributed by atoms with Crippen molar-refractivity contribution in [3.63, 3.8) is 0 Å². The molecule has 1 atom stereocenters. The van der Waals surface area contributed by atoms with Gasteiger partial charge >= 0.3 is 11.8 Å². The molecule has 0 amide bonds. The van der Waals surface area contributed by atoms with E-state index in [9.17, 15) is 10.1 Å². The monoisotopic (exact) mass is 491 g/mol. The lowest BCUT2D eigenvalue weighted by atomic mass is 10.0. The summed E-state index contributed by atoms with van der Waals surface area (Å²) in [5.41, 5.74) is 3.17. The van der Waals surface area contributed by atoms with Gasteiger partial charge in [0.05, 0.1) is 6.54 Å². The van der Waals surface area contributed by atoms with Crippen molar-refractivity contribution in [2.24, 2.45) is 0 Å². The Labute approximate surface area is 211 Å². The molecule has 1 fully saturated rings. The maximum atomic E-state index is 10.9. The number of hydrogen-bond donors (Lipinski definition) is 1. The summed E-state index contributed by atoms with van der Waals surface area (Å²) < 4.78 is 13.5. The number of rotatable bonds is 9. The van der Waals surface area contributed by atoms with Gasteiger partial charge in [-0.05, 0) is 73.1 Å². The summed E-state index contributed by atoms with van der Waals surface area (Å²) >= 11 is 0. The van der Waals surface area contributed by atoms with Crippen molar-refractivity contribution < 1.29 is 14.4 Å². The lowest BCUT2D eigenvalue weighted by Crippen LogP contribution is -2.39. The largest absolute Gasteiger partial charge is 0.489 e. The molecule has 9 nitrogen and oxygen atoms in total. The lowest BCUT2D eigenvalue weighted by molar-refractivity contribution is -0.389. The van der Waals surface area contributed by atoms with Crippen molar-refractivity contribution >= 4 is 17.2 Å². The van der Waals surface area contributed by atoms with Crippen molar-refractivity contribution in [3.05, 3.63) is 70.4 Å². The van der Waals surface area contributed by atoms with E-state index in [0.717, 1.165) is 38.1 Å². The van der Waals surface area contributed by atoms with Crippen LogP contribution in [0.15, 0.2) is 54.7 Å². The van der Waals surface area contributed by atoms with Crippen LogP contribution in [0.4, 0.5) is 17.2 Å². The van der Waals surface area contributed by atoms with Crippen LogP contribution >= 0.6 is 0 Å². The topological polar surface area (TPSA) is 94.7 Å². The number of nitrogens with one attached hydrogen (secondary N) is 1. The van der Waals surface area contributed by atoms with Crippen LogP contribution in [-0.2, 0) is 13.0 Å². The highest BCUT2D eigenvalue weighted by atomic mass is 16.6. The minimum Gasteiger partial charge on any atom is -0.489 e. The molecule has 0 spiro atoms. The number of ether oxygens (including phenoxy) is 2. The molecular weight excluding hydrogens is 458 g/mol. The summed E-state index contributed by atoms with van der Waals surface area (Å²) in [6.45, 7) is 6.92. The lowest BCUT2D eigenvalue weighted by Gasteiger charge is -2.34. The van der Waals surface area contributed by atoms with Gasteiger partial charge in [0.1, 0.15) is 18.6 Å². The number of fused-ring (bicyclic) bond motifs is 1. The second-order valence-electron chi connectivity index (χ2n) is 9.95. The number of aromatic nitrogens is 2. The second kappa shape index (κ2) is 10.1. The van der Waals surface area contributed by atoms with Crippen LogP contribution < -0.4 is 19.7 Å². The number of anilines is 2. The molecule has 5 rings (SSSR count). The van der Waals surface area contributed by atoms with E-state index in [1.54, 1.807) is 4.57 Å². The third kappa shape index (κ3) is 5.40. The first-order valence-electron chi connectivity index (χ1n) is 12.6. The van der Waals surface area contributed by atoms with E-state index < -0.39 is 10.5 Å². The average molecular weight is 492 g/mol. The number of hydrogen-bond acceptors (Lipinski definition) is 7. The zero-order valence-electron chi connectivity index (χ0n) is 20.9. The fourth-order valence-corrected chi connectivity index (χ4v) is 4.92. The van der Waals surface area contributed by atoms with Crippen LogP contribution in [-0.4, -0.2) is 45.8 Å². The van der Waals surface area contributed by atoms with E-state index in [4.69, 9.17) is 9.47 Å². The fourth-order valence-electron chi connectivity index (χ4n) is 4.92. The molecule has 36 heavy (non-hydrogen) atoms. The molecule has 3 heterocycles. The third-order valence-electron chi connectivity index (χ3n) is 6.86. The second-order valence-corrected chi connectivity index (χ2v) is 9.95. The van der Waals surface area contributed by atoms with Crippen LogP contribution in [0, 0.1) is 10.1 Å². The molecule has 0 bridgehead atoms. The Kier molecular flexibility index (Phi) is 6.71. The van der Waals surface area contributed by atoms with Gasteiger partial charge in [-0.3, -0.25) is 4.57 Å². The standard InChI is InChI=1S/C27H33N5O4/c1-3-4-20-5-7-21(8-6-20)28-22-13-15-30(16-14-22)23-9-11-24(12-10-23)35-19-27(2)18-31-17-25(32(33)34)29-26(31)36-27/h5-12,17,22,28H,3-4,13-16,18-19H2,1-2H3. The van der Waals surface area contributed by atoms with E-state index in [2.05, 4.69) is 58.5 Å². The highest BCUT2D eigenvalue weighted by molar-refractivity contribution is 5.50. The summed E-state index contributed by atoms with van der Waals surface area (Å²) in [5.74, 6) is 0.562. The summed E-state index contributed by atoms with van der Waals surface area (Å²) in [6.07, 6.45) is 5.90. The molecule has 2 aromatic carbocycles. The smallest absolute Gasteiger partial charge is 0.415 e. The van der Waals surface area contributed by atoms with Crippen molar-refractivity contribution in [1.29, 1.82) is 0 Å². The Morgan fingerprint density at radius 2 is 1.89 bits per heavy atom. The number of nitrogens with zero attached hydrogens (tertiary/aromatic N) is 4. The Morgan fingerprint density at radius 1 is 1.17 bits per heavy atom. The number of aryl methyl sites for hydroxylation is 1. The highest BCUT2D eigenvalue weighted by Gasteiger charge is 2.41. The van der Waals surface area contributed by atoms with Crippen molar-refractivity contribution in [3.8, 4) is 11.8 Å². The van der Waals surface area contributed by atoms with Gasteiger partial charge in [-0.1, -0.05) is 25.5 Å². The SMILES string of the molecule is CCCc1ccc(NC2CCN(c3ccc(OCC4(C)Cn5cc([N+](=O)[O-])nc5O4)cc3)CC2)cc1. The number of nitro groups is 1. The van der Waals surface area contributed by atoms with E-state index in [1.165, 1.54) is 29.6 Å². The predicted octanol–water partition coefficient (Wildman–Crippen LogP) is 5.05. The van der Waals surface area contributed by atoms with Gasteiger partial charge in [-0.15, -0.1) is 0 Å². The van der Waals surface area contributed by atoms with Crippen LogP contribution in [0.1, 0.15) is 38.7 Å². The van der Waals surface area contributed by atoms with Crippen LogP contribution in [0.25, 0.3) is 0 Å². The first-order valence-corrected chi connectivity index (χ1v) is 12.6. The zero-order valence-corrected chi connectivity index (χ0v) is 20.9. The zero-order chi connectivity index (χ0) is 25.1. The van der Waals surface area contributed by atoms with Crippen molar-refractivity contribution in [2.45, 2.75) is 57.7 Å². The Hall–Kier alpha value is -3.75. The molecule has 9 heteroatoms. The van der Waals surface area contributed by atoms with E-state index in [1.807, 2.05) is 19.1 Å². The van der Waals surface area contributed by atoms with Crippen LogP contribution in [0.3, 0.4) is 0 Å². The first-order chi connectivity index (χ1) is 17.4. The Morgan fingerprint density at radius 3 is 2.53 bits per heavy atom. The third-order valence-corrected chi connectivity index (χ3v) is 6.86. The van der Waals surface area contributed by atoms with Crippen LogP contribution in [0.2, 0.25) is 0 Å². The van der Waals surface area contributed by atoms with E-state index in [-0.39, 0.29) is 11.8 Å². The van der Waals surface area contributed by atoms with Gasteiger partial charge < -0.3 is 29.8 Å². The Bertz CT molecular complexity index is 1160. The fraction of sp³-hybridized carbons (Fsp3) is 0.444. The van der Waals surface area contributed by atoms with Gasteiger partial charge in [0.25, 0.3) is 0 Å². The maximum absolute atomic E-state index is 10.9. The number of benzene rings is 2. The molecule has 190 valence electrons. The minimum atomic E-state index is -0.624. The maximum Gasteiger partial charge on any atom is 0.415 e. The number of imidazole rings is 1. The molecular formula is C27H33N5O4. The molecule has 1 saturated heterocycles. The van der Waals surface area contributed by atoms with Crippen molar-refractivity contribution in [2.75, 3.05) is 29.9 Å². The predicted molar refractivity (Wildman–Crippen MR) is 139 cm³/mol. The van der Waals surface area contributed by atoms with Gasteiger partial charge in [0, 0.05) is 35.5 Å². The molecule has 1 N–H and O–H groups in total. The van der Waals surface area contributed by atoms with E-state index >= 15 is 0 Å². The van der Waals surface area contributed by atoms with Gasteiger partial charge in [0.15, 0.2) is 5.60 Å². The van der Waals surface area contributed by atoms with Gasteiger partial charge in [-0.25, -0.2) is 0 Å². The highest BCUT2D eigenvalue weighted by Crippen LogP contribution is 2.32. The molecule has 0 radical (unpaired) electrons. The minimum absolute atomic E-state index is 0.204. The number of piperidine rings is 1. The van der Waals surface area contributed by atoms with Gasteiger partial charge in [0.2, 0.25) is 0 Å². The van der Waals surface area contributed by atoms with Crippen LogP contribution in [0.5, 0.6) is 11.8 Å². The molecule has 2 aliphatic heterocycles.